The van der Waals surface area contributed by atoms with Crippen molar-refractivity contribution in [2.75, 3.05) is 13.1 Å². The predicted octanol–water partition coefficient (Wildman–Crippen LogP) is -0.441. The predicted molar refractivity (Wildman–Crippen MR) is 42.5 cm³/mol. The van der Waals surface area contributed by atoms with Crippen LogP contribution in [0.25, 0.3) is 0 Å². The van der Waals surface area contributed by atoms with E-state index >= 15 is 0 Å². The quantitative estimate of drug-likeness (QED) is 0.581. The molecule has 0 aliphatic carbocycles. The molecule has 0 bridgehead atoms. The molecule has 0 aromatic heterocycles. The van der Waals surface area contributed by atoms with Crippen molar-refractivity contribution in [3.8, 4) is 0 Å². The van der Waals surface area contributed by atoms with Gasteiger partial charge in [0.25, 0.3) is 5.91 Å². The van der Waals surface area contributed by atoms with Gasteiger partial charge in [-0.05, 0) is 6.92 Å². The number of nitrogens with zero attached hydrogens (tertiary/aromatic N) is 1. The van der Waals surface area contributed by atoms with Crippen LogP contribution in [0, 0.1) is 0 Å². The third kappa shape index (κ3) is 2.04. The highest BCUT2D eigenvalue weighted by atomic mass is 16.3. The second kappa shape index (κ2) is 3.67. The number of carbonyl (C=O) groups is 2. The van der Waals surface area contributed by atoms with Crippen molar-refractivity contribution in [2.24, 2.45) is 0 Å². The molecule has 68 valence electrons. The Balaban J connectivity index is 2.44. The van der Waals surface area contributed by atoms with Crippen molar-refractivity contribution in [2.45, 2.75) is 25.9 Å². The van der Waals surface area contributed by atoms with Crippen LogP contribution in [0.4, 0.5) is 0 Å². The van der Waals surface area contributed by atoms with Crippen molar-refractivity contribution in [3.05, 3.63) is 0 Å². The van der Waals surface area contributed by atoms with Gasteiger partial charge in [-0.2, -0.15) is 0 Å². The maximum Gasteiger partial charge on any atom is 0.251 e. The number of likely N-dealkylation sites (tertiary alicyclic amines) is 1. The summed E-state index contributed by atoms with van der Waals surface area (Å²) in [4.78, 5) is 23.5. The van der Waals surface area contributed by atoms with Gasteiger partial charge >= 0.3 is 0 Å². The summed E-state index contributed by atoms with van der Waals surface area (Å²) in [6.07, 6.45) is -0.0881. The zero-order chi connectivity index (χ0) is 9.14. The molecule has 1 saturated heterocycles. The Kier molecular flexibility index (Phi) is 2.81. The molecule has 1 aliphatic heterocycles. The number of piperidine rings is 1. The highest BCUT2D eigenvalue weighted by Gasteiger charge is 2.23. The number of hydrogen-bond acceptors (Lipinski definition) is 3. The van der Waals surface area contributed by atoms with Crippen LogP contribution in [-0.4, -0.2) is 40.9 Å². The lowest BCUT2D eigenvalue weighted by Crippen LogP contribution is -2.43. The zero-order valence-corrected chi connectivity index (χ0v) is 7.12. The molecule has 0 saturated carbocycles. The lowest BCUT2D eigenvalue weighted by atomic mass is 10.1. The van der Waals surface area contributed by atoms with E-state index in [1.807, 2.05) is 0 Å². The van der Waals surface area contributed by atoms with Crippen LogP contribution >= 0.6 is 0 Å². The monoisotopic (exact) mass is 171 g/mol. The second-order valence-electron chi connectivity index (χ2n) is 3.04. The summed E-state index contributed by atoms with van der Waals surface area (Å²) >= 11 is 0. The topological polar surface area (TPSA) is 57.6 Å². The van der Waals surface area contributed by atoms with E-state index in [-0.39, 0.29) is 11.7 Å². The number of amides is 1. The van der Waals surface area contributed by atoms with Crippen LogP contribution in [0.5, 0.6) is 0 Å². The van der Waals surface area contributed by atoms with E-state index in [4.69, 9.17) is 5.11 Å². The molecule has 0 spiro atoms. The fraction of sp³-hybridized carbons (Fsp3) is 0.750. The lowest BCUT2D eigenvalue weighted by Gasteiger charge is -2.26. The van der Waals surface area contributed by atoms with Gasteiger partial charge < -0.3 is 10.0 Å². The summed E-state index contributed by atoms with van der Waals surface area (Å²) in [6, 6.07) is 0. The standard InChI is InChI=1S/C8H13NO3/c1-6(10)8(12)9-4-2-7(11)3-5-9/h6,10H,2-5H2,1H3. The molecule has 12 heavy (non-hydrogen) atoms. The Labute approximate surface area is 71.2 Å². The molecule has 0 aromatic carbocycles. The van der Waals surface area contributed by atoms with E-state index in [1.54, 1.807) is 0 Å². The molecule has 1 heterocycles. The third-order valence-electron chi connectivity index (χ3n) is 1.99. The van der Waals surface area contributed by atoms with Crippen LogP contribution in [-0.2, 0) is 9.59 Å². The van der Waals surface area contributed by atoms with Crippen LogP contribution in [0.1, 0.15) is 19.8 Å². The number of rotatable bonds is 1. The largest absolute Gasteiger partial charge is 0.384 e. The first-order valence-corrected chi connectivity index (χ1v) is 4.10. The van der Waals surface area contributed by atoms with Gasteiger partial charge in [0.2, 0.25) is 0 Å². The Bertz CT molecular complexity index is 190. The molecule has 1 N–H and O–H groups in total. The maximum atomic E-state index is 11.2. The lowest BCUT2D eigenvalue weighted by molar-refractivity contribution is -0.141. The average molecular weight is 171 g/mol. The number of aliphatic hydroxyl groups excluding tert-OH is 1. The summed E-state index contributed by atoms with van der Waals surface area (Å²) in [6.45, 7) is 2.36. The number of ketones is 1. The second-order valence-corrected chi connectivity index (χ2v) is 3.04. The van der Waals surface area contributed by atoms with Gasteiger partial charge in [-0.1, -0.05) is 0 Å². The molecular formula is C8H13NO3. The van der Waals surface area contributed by atoms with Gasteiger partial charge in [0.15, 0.2) is 0 Å². The van der Waals surface area contributed by atoms with Crippen LogP contribution in [0.15, 0.2) is 0 Å². The van der Waals surface area contributed by atoms with Crippen LogP contribution < -0.4 is 0 Å². The number of carbonyl (C=O) groups excluding carboxylic acids is 2. The van der Waals surface area contributed by atoms with E-state index in [9.17, 15) is 9.59 Å². The summed E-state index contributed by atoms with van der Waals surface area (Å²) in [7, 11) is 0. The first-order valence-electron chi connectivity index (χ1n) is 4.10. The first kappa shape index (κ1) is 9.19. The van der Waals surface area contributed by atoms with Gasteiger partial charge in [0.1, 0.15) is 11.9 Å². The average Bonchev–Trinajstić information content (AvgIpc) is 2.04. The minimum atomic E-state index is -0.946. The van der Waals surface area contributed by atoms with Gasteiger partial charge in [-0.3, -0.25) is 9.59 Å². The highest BCUT2D eigenvalue weighted by Crippen LogP contribution is 2.06. The minimum Gasteiger partial charge on any atom is -0.384 e. The molecule has 1 amide bonds. The fourth-order valence-corrected chi connectivity index (χ4v) is 1.24. The van der Waals surface area contributed by atoms with Crippen molar-refractivity contribution in [3.63, 3.8) is 0 Å². The van der Waals surface area contributed by atoms with Crippen molar-refractivity contribution in [1.29, 1.82) is 0 Å². The van der Waals surface area contributed by atoms with Crippen LogP contribution in [0.2, 0.25) is 0 Å². The van der Waals surface area contributed by atoms with Gasteiger partial charge in [0.05, 0.1) is 0 Å². The molecule has 1 unspecified atom stereocenters. The number of Topliss-reactive ketones (excluding diaryl/α,β-unsaturated/α-hetero) is 1. The fourth-order valence-electron chi connectivity index (χ4n) is 1.24. The Morgan fingerprint density at radius 1 is 1.50 bits per heavy atom. The Hall–Kier alpha value is -0.900. The molecular weight excluding hydrogens is 158 g/mol. The van der Waals surface area contributed by atoms with Crippen molar-refractivity contribution in [1.82, 2.24) is 4.90 Å². The van der Waals surface area contributed by atoms with E-state index in [2.05, 4.69) is 0 Å². The van der Waals surface area contributed by atoms with Crippen molar-refractivity contribution < 1.29 is 14.7 Å². The summed E-state index contributed by atoms with van der Waals surface area (Å²) in [5.41, 5.74) is 0. The van der Waals surface area contributed by atoms with Crippen LogP contribution in [0.3, 0.4) is 0 Å². The first-order chi connectivity index (χ1) is 5.61. The molecule has 1 atom stereocenters. The Morgan fingerprint density at radius 3 is 2.42 bits per heavy atom. The van der Waals surface area contributed by atoms with Crippen molar-refractivity contribution >= 4 is 11.7 Å². The molecule has 1 aliphatic rings. The third-order valence-corrected chi connectivity index (χ3v) is 1.99. The number of hydrogen-bond donors (Lipinski definition) is 1. The molecule has 0 radical (unpaired) electrons. The Morgan fingerprint density at radius 2 is 2.00 bits per heavy atom. The molecule has 4 nitrogen and oxygen atoms in total. The highest BCUT2D eigenvalue weighted by molar-refractivity contribution is 5.85. The summed E-state index contributed by atoms with van der Waals surface area (Å²) < 4.78 is 0. The maximum absolute atomic E-state index is 11.2. The normalized spacial score (nSPS) is 20.8. The van der Waals surface area contributed by atoms with Gasteiger partial charge in [-0.25, -0.2) is 0 Å². The van der Waals surface area contributed by atoms with Gasteiger partial charge in [-0.15, -0.1) is 0 Å². The summed E-state index contributed by atoms with van der Waals surface area (Å²) in [5, 5.41) is 8.96. The van der Waals surface area contributed by atoms with E-state index in [0.29, 0.717) is 25.9 Å². The van der Waals surface area contributed by atoms with E-state index in [1.165, 1.54) is 11.8 Å². The van der Waals surface area contributed by atoms with E-state index < -0.39 is 6.10 Å². The number of aliphatic hydroxyl groups is 1. The SMILES string of the molecule is CC(O)C(=O)N1CCC(=O)CC1. The molecule has 1 fully saturated rings. The molecule has 4 heteroatoms. The van der Waals surface area contributed by atoms with E-state index in [0.717, 1.165) is 0 Å². The minimum absolute atomic E-state index is 0.199. The zero-order valence-electron chi connectivity index (χ0n) is 7.12. The molecule has 0 aromatic rings. The summed E-state index contributed by atoms with van der Waals surface area (Å²) in [5.74, 6) is -0.0767. The van der Waals surface area contributed by atoms with Gasteiger partial charge in [0, 0.05) is 25.9 Å². The molecule has 1 rings (SSSR count). The smallest absolute Gasteiger partial charge is 0.251 e.